The number of hydrogen-bond acceptors (Lipinski definition) is 3. The lowest BCUT2D eigenvalue weighted by Crippen LogP contribution is -2.38. The minimum atomic E-state index is 0.542. The summed E-state index contributed by atoms with van der Waals surface area (Å²) >= 11 is 0. The molecule has 3 nitrogen and oxygen atoms in total. The SMILES string of the molecule is CC1(CN2CCC(CN3CCCCC3)C2)CCNC1. The van der Waals surface area contributed by atoms with Crippen LogP contribution in [0.15, 0.2) is 0 Å². The van der Waals surface area contributed by atoms with Gasteiger partial charge in [0.2, 0.25) is 0 Å². The summed E-state index contributed by atoms with van der Waals surface area (Å²) in [7, 11) is 0. The summed E-state index contributed by atoms with van der Waals surface area (Å²) in [5.41, 5.74) is 0.542. The number of rotatable bonds is 4. The van der Waals surface area contributed by atoms with Gasteiger partial charge in [0.1, 0.15) is 0 Å². The maximum Gasteiger partial charge on any atom is 0.00481 e. The lowest BCUT2D eigenvalue weighted by Gasteiger charge is -2.31. The van der Waals surface area contributed by atoms with Crippen molar-refractivity contribution in [2.45, 2.75) is 39.0 Å². The molecule has 0 aliphatic carbocycles. The number of piperidine rings is 1. The Morgan fingerprint density at radius 1 is 1.11 bits per heavy atom. The molecule has 0 radical (unpaired) electrons. The molecule has 2 unspecified atom stereocenters. The number of nitrogens with one attached hydrogen (secondary N) is 1. The fourth-order valence-corrected chi connectivity index (χ4v) is 4.26. The third-order valence-electron chi connectivity index (χ3n) is 5.40. The van der Waals surface area contributed by atoms with E-state index in [1.807, 2.05) is 0 Å². The smallest absolute Gasteiger partial charge is 0.00481 e. The first kappa shape index (κ1) is 13.8. The highest BCUT2D eigenvalue weighted by Gasteiger charge is 2.33. The summed E-state index contributed by atoms with van der Waals surface area (Å²) in [5.74, 6) is 0.941. The highest BCUT2D eigenvalue weighted by atomic mass is 15.2. The monoisotopic (exact) mass is 265 g/mol. The van der Waals surface area contributed by atoms with Gasteiger partial charge >= 0.3 is 0 Å². The topological polar surface area (TPSA) is 18.5 Å². The second kappa shape index (κ2) is 6.11. The molecule has 0 aromatic carbocycles. The van der Waals surface area contributed by atoms with Crippen LogP contribution in [0.3, 0.4) is 0 Å². The summed E-state index contributed by atoms with van der Waals surface area (Å²) in [6.45, 7) is 13.0. The van der Waals surface area contributed by atoms with Crippen molar-refractivity contribution in [3.8, 4) is 0 Å². The van der Waals surface area contributed by atoms with Gasteiger partial charge in [0, 0.05) is 26.2 Å². The molecule has 0 amide bonds. The van der Waals surface area contributed by atoms with Gasteiger partial charge in [-0.1, -0.05) is 13.3 Å². The van der Waals surface area contributed by atoms with Gasteiger partial charge in [-0.15, -0.1) is 0 Å². The average molecular weight is 265 g/mol. The molecule has 3 aliphatic rings. The Bertz CT molecular complexity index is 280. The minimum absolute atomic E-state index is 0.542. The van der Waals surface area contributed by atoms with Gasteiger partial charge in [-0.2, -0.15) is 0 Å². The minimum Gasteiger partial charge on any atom is -0.316 e. The number of likely N-dealkylation sites (tertiary alicyclic amines) is 2. The van der Waals surface area contributed by atoms with Crippen LogP contribution in [-0.2, 0) is 0 Å². The van der Waals surface area contributed by atoms with E-state index in [1.165, 1.54) is 84.5 Å². The lowest BCUT2D eigenvalue weighted by atomic mass is 9.89. The van der Waals surface area contributed by atoms with Crippen LogP contribution < -0.4 is 5.32 Å². The molecule has 0 saturated carbocycles. The number of hydrogen-bond donors (Lipinski definition) is 1. The van der Waals surface area contributed by atoms with Gasteiger partial charge in [-0.25, -0.2) is 0 Å². The molecule has 3 saturated heterocycles. The number of nitrogens with zero attached hydrogens (tertiary/aromatic N) is 2. The second-order valence-corrected chi connectivity index (χ2v) is 7.49. The molecule has 110 valence electrons. The Morgan fingerprint density at radius 3 is 2.68 bits per heavy atom. The Balaban J connectivity index is 1.42. The van der Waals surface area contributed by atoms with Crippen molar-refractivity contribution in [3.05, 3.63) is 0 Å². The third-order valence-corrected chi connectivity index (χ3v) is 5.40. The molecule has 1 N–H and O–H groups in total. The first-order valence-electron chi connectivity index (χ1n) is 8.39. The fourth-order valence-electron chi connectivity index (χ4n) is 4.26. The molecule has 3 heterocycles. The first-order valence-corrected chi connectivity index (χ1v) is 8.39. The zero-order valence-corrected chi connectivity index (χ0v) is 12.7. The van der Waals surface area contributed by atoms with Crippen LogP contribution in [0.1, 0.15) is 39.0 Å². The summed E-state index contributed by atoms with van der Waals surface area (Å²) < 4.78 is 0. The van der Waals surface area contributed by atoms with E-state index in [-0.39, 0.29) is 0 Å². The second-order valence-electron chi connectivity index (χ2n) is 7.49. The highest BCUT2D eigenvalue weighted by molar-refractivity contribution is 4.89. The van der Waals surface area contributed by atoms with E-state index in [1.54, 1.807) is 0 Å². The van der Waals surface area contributed by atoms with E-state index in [0.29, 0.717) is 5.41 Å². The van der Waals surface area contributed by atoms with Crippen LogP contribution in [0, 0.1) is 11.3 Å². The van der Waals surface area contributed by atoms with Crippen LogP contribution in [0.5, 0.6) is 0 Å². The Kier molecular flexibility index (Phi) is 4.45. The molecule has 2 atom stereocenters. The predicted octanol–water partition coefficient (Wildman–Crippen LogP) is 1.79. The normalized spacial score (nSPS) is 38.1. The van der Waals surface area contributed by atoms with E-state index in [4.69, 9.17) is 0 Å². The summed E-state index contributed by atoms with van der Waals surface area (Å²) in [4.78, 5) is 5.46. The van der Waals surface area contributed by atoms with Crippen LogP contribution in [0.25, 0.3) is 0 Å². The van der Waals surface area contributed by atoms with Crippen molar-refractivity contribution < 1.29 is 0 Å². The van der Waals surface area contributed by atoms with Crippen LogP contribution in [-0.4, -0.2) is 62.2 Å². The summed E-state index contributed by atoms with van der Waals surface area (Å²) in [5, 5.41) is 3.53. The molecule has 19 heavy (non-hydrogen) atoms. The van der Waals surface area contributed by atoms with E-state index < -0.39 is 0 Å². The van der Waals surface area contributed by atoms with Crippen LogP contribution >= 0.6 is 0 Å². The van der Waals surface area contributed by atoms with Gasteiger partial charge in [-0.05, 0) is 63.2 Å². The summed E-state index contributed by atoms with van der Waals surface area (Å²) in [6.07, 6.45) is 7.11. The summed E-state index contributed by atoms with van der Waals surface area (Å²) in [6, 6.07) is 0. The maximum atomic E-state index is 3.53. The van der Waals surface area contributed by atoms with Crippen molar-refractivity contribution in [2.75, 3.05) is 52.4 Å². The van der Waals surface area contributed by atoms with E-state index in [2.05, 4.69) is 22.0 Å². The molecule has 0 spiro atoms. The van der Waals surface area contributed by atoms with E-state index in [9.17, 15) is 0 Å². The molecular weight excluding hydrogens is 234 g/mol. The standard InChI is InChI=1S/C16H31N3/c1-16(6-7-17-13-16)14-19-10-5-15(12-19)11-18-8-3-2-4-9-18/h15,17H,2-14H2,1H3. The van der Waals surface area contributed by atoms with Crippen molar-refractivity contribution in [3.63, 3.8) is 0 Å². The van der Waals surface area contributed by atoms with E-state index in [0.717, 1.165) is 5.92 Å². The zero-order valence-electron chi connectivity index (χ0n) is 12.7. The van der Waals surface area contributed by atoms with Crippen molar-refractivity contribution in [1.82, 2.24) is 15.1 Å². The zero-order chi connectivity index (χ0) is 13.1. The van der Waals surface area contributed by atoms with E-state index >= 15 is 0 Å². The molecule has 3 aliphatic heterocycles. The lowest BCUT2D eigenvalue weighted by molar-refractivity contribution is 0.177. The first-order chi connectivity index (χ1) is 9.23. The van der Waals surface area contributed by atoms with Gasteiger partial charge in [0.05, 0.1) is 0 Å². The fraction of sp³-hybridized carbons (Fsp3) is 1.00. The van der Waals surface area contributed by atoms with Gasteiger partial charge in [-0.3, -0.25) is 0 Å². The van der Waals surface area contributed by atoms with Gasteiger partial charge in [0.15, 0.2) is 0 Å². The molecule has 3 fully saturated rings. The molecule has 0 aromatic rings. The highest BCUT2D eigenvalue weighted by Crippen LogP contribution is 2.29. The maximum absolute atomic E-state index is 3.53. The third kappa shape index (κ3) is 3.71. The van der Waals surface area contributed by atoms with Crippen LogP contribution in [0.4, 0.5) is 0 Å². The van der Waals surface area contributed by atoms with Crippen LogP contribution in [0.2, 0.25) is 0 Å². The van der Waals surface area contributed by atoms with Gasteiger partial charge < -0.3 is 15.1 Å². The quantitative estimate of drug-likeness (QED) is 0.836. The Hall–Kier alpha value is -0.120. The largest absolute Gasteiger partial charge is 0.316 e. The molecule has 3 rings (SSSR count). The van der Waals surface area contributed by atoms with Crippen molar-refractivity contribution in [2.24, 2.45) is 11.3 Å². The molecule has 0 bridgehead atoms. The predicted molar refractivity (Wildman–Crippen MR) is 80.4 cm³/mol. The Morgan fingerprint density at radius 2 is 1.95 bits per heavy atom. The Labute approximate surface area is 118 Å². The molecular formula is C16H31N3. The van der Waals surface area contributed by atoms with Gasteiger partial charge in [0.25, 0.3) is 0 Å². The van der Waals surface area contributed by atoms with Crippen molar-refractivity contribution in [1.29, 1.82) is 0 Å². The average Bonchev–Trinajstić information content (AvgIpc) is 3.01. The van der Waals surface area contributed by atoms with Crippen molar-refractivity contribution >= 4 is 0 Å². The molecule has 3 heteroatoms. The molecule has 0 aromatic heterocycles.